The fourth-order valence-corrected chi connectivity index (χ4v) is 4.54. The molecule has 3 rings (SSSR count). The fourth-order valence-electron chi connectivity index (χ4n) is 4.54. The maximum atomic E-state index is 12.9. The Hall–Kier alpha value is -2.96. The number of esters is 3. The molecule has 0 aromatic carbocycles. The predicted molar refractivity (Wildman–Crippen MR) is 107 cm³/mol. The Balaban J connectivity index is 2.13. The highest BCUT2D eigenvalue weighted by molar-refractivity contribution is 6.09. The number of ketones is 1. The van der Waals surface area contributed by atoms with E-state index in [0.29, 0.717) is 5.57 Å². The molecule has 2 aliphatic carbocycles. The lowest BCUT2D eigenvalue weighted by molar-refractivity contribution is -0.175. The summed E-state index contributed by atoms with van der Waals surface area (Å²) in [4.78, 5) is 50.3. The van der Waals surface area contributed by atoms with Gasteiger partial charge in [-0.25, -0.2) is 14.4 Å². The summed E-state index contributed by atoms with van der Waals surface area (Å²) >= 11 is 0. The molecule has 0 aromatic rings. The highest BCUT2D eigenvalue weighted by Crippen LogP contribution is 2.51. The van der Waals surface area contributed by atoms with Crippen molar-refractivity contribution in [2.24, 2.45) is 11.8 Å². The van der Waals surface area contributed by atoms with E-state index in [2.05, 4.69) is 13.2 Å². The van der Waals surface area contributed by atoms with E-state index in [1.807, 2.05) is 0 Å². The van der Waals surface area contributed by atoms with Crippen LogP contribution < -0.4 is 0 Å². The zero-order valence-electron chi connectivity index (χ0n) is 17.9. The van der Waals surface area contributed by atoms with Crippen LogP contribution in [0.2, 0.25) is 0 Å². The number of carbonyl (C=O) groups is 4. The first kappa shape index (κ1) is 21.7. The lowest BCUT2D eigenvalue weighted by Crippen LogP contribution is -2.50. The molecule has 0 spiro atoms. The van der Waals surface area contributed by atoms with Crippen molar-refractivity contribution in [3.63, 3.8) is 0 Å². The average Bonchev–Trinajstić information content (AvgIpc) is 3.01. The summed E-state index contributed by atoms with van der Waals surface area (Å²) in [7, 11) is 0. The van der Waals surface area contributed by atoms with Gasteiger partial charge in [0.15, 0.2) is 5.78 Å². The SMILES string of the molecule is C=C(C)C(=O)O[C@H]1CC(C)=C2C(=O)C=C(C)[C@H]2[C@@H]2OC(=O)[C@@](C)(OC(=O)C(=C)C)[C@@H]21. The van der Waals surface area contributed by atoms with E-state index in [1.165, 1.54) is 26.8 Å². The van der Waals surface area contributed by atoms with Gasteiger partial charge in [-0.15, -0.1) is 0 Å². The number of hydrogen-bond donors (Lipinski definition) is 0. The van der Waals surface area contributed by atoms with Crippen molar-refractivity contribution in [2.75, 3.05) is 0 Å². The summed E-state index contributed by atoms with van der Waals surface area (Å²) in [6, 6.07) is 0. The minimum absolute atomic E-state index is 0.124. The summed E-state index contributed by atoms with van der Waals surface area (Å²) in [6.45, 7) is 15.2. The van der Waals surface area contributed by atoms with E-state index in [1.54, 1.807) is 13.8 Å². The molecule has 0 bridgehead atoms. The van der Waals surface area contributed by atoms with E-state index >= 15 is 0 Å². The molecule has 1 aliphatic heterocycles. The molecule has 30 heavy (non-hydrogen) atoms. The third kappa shape index (κ3) is 3.32. The Bertz CT molecular complexity index is 951. The van der Waals surface area contributed by atoms with E-state index < -0.39 is 47.6 Å². The van der Waals surface area contributed by atoms with Crippen LogP contribution in [-0.2, 0) is 33.4 Å². The molecule has 1 heterocycles. The molecular weight excluding hydrogens is 388 g/mol. The molecule has 0 unspecified atom stereocenters. The summed E-state index contributed by atoms with van der Waals surface area (Å²) in [5.74, 6) is -3.56. The normalized spacial score (nSPS) is 32.5. The lowest BCUT2D eigenvalue weighted by atomic mass is 9.77. The maximum Gasteiger partial charge on any atom is 0.351 e. The molecule has 1 saturated heterocycles. The molecular formula is C23H26O7. The van der Waals surface area contributed by atoms with Crippen molar-refractivity contribution in [1.82, 2.24) is 0 Å². The van der Waals surface area contributed by atoms with Gasteiger partial charge in [0.2, 0.25) is 5.60 Å². The lowest BCUT2D eigenvalue weighted by Gasteiger charge is -2.34. The molecule has 1 fully saturated rings. The van der Waals surface area contributed by atoms with E-state index in [-0.39, 0.29) is 23.4 Å². The van der Waals surface area contributed by atoms with Crippen molar-refractivity contribution in [3.05, 3.63) is 47.1 Å². The van der Waals surface area contributed by atoms with Crippen molar-refractivity contribution in [2.45, 2.75) is 58.8 Å². The maximum absolute atomic E-state index is 12.9. The zero-order chi connectivity index (χ0) is 22.5. The van der Waals surface area contributed by atoms with Gasteiger partial charge in [-0.2, -0.15) is 0 Å². The number of fused-ring (bicyclic) bond motifs is 3. The fraction of sp³-hybridized carbons (Fsp3) is 0.478. The van der Waals surface area contributed by atoms with Crippen molar-refractivity contribution in [3.8, 4) is 0 Å². The first-order valence-corrected chi connectivity index (χ1v) is 9.77. The largest absolute Gasteiger partial charge is 0.458 e. The van der Waals surface area contributed by atoms with Gasteiger partial charge in [-0.1, -0.05) is 24.3 Å². The summed E-state index contributed by atoms with van der Waals surface area (Å²) < 4.78 is 17.0. The second kappa shape index (κ2) is 7.38. The molecule has 0 N–H and O–H groups in total. The number of allylic oxidation sites excluding steroid dienone is 1. The standard InChI is InChI=1S/C23H26O7/c1-10(2)20(25)28-15-9-13(6)16-14(24)8-12(5)17(16)19-18(15)23(7,22(27)29-19)30-21(26)11(3)4/h8,15,17-19H,1,3,9H2,2,4-7H3/t15-,17+,18+,19-,23-/m0/s1. The Morgan fingerprint density at radius 2 is 1.73 bits per heavy atom. The average molecular weight is 414 g/mol. The van der Waals surface area contributed by atoms with Gasteiger partial charge in [0.1, 0.15) is 12.2 Å². The van der Waals surface area contributed by atoms with Gasteiger partial charge in [0.25, 0.3) is 0 Å². The van der Waals surface area contributed by atoms with Crippen LogP contribution in [0.3, 0.4) is 0 Å². The number of rotatable bonds is 4. The highest BCUT2D eigenvalue weighted by atomic mass is 16.6. The van der Waals surface area contributed by atoms with Gasteiger partial charge in [0, 0.05) is 29.1 Å². The Kier molecular flexibility index (Phi) is 5.35. The van der Waals surface area contributed by atoms with Gasteiger partial charge in [-0.3, -0.25) is 4.79 Å². The quantitative estimate of drug-likeness (QED) is 0.396. The Labute approximate surface area is 175 Å². The molecule has 160 valence electrons. The van der Waals surface area contributed by atoms with E-state index in [9.17, 15) is 19.2 Å². The van der Waals surface area contributed by atoms with E-state index in [0.717, 1.165) is 11.1 Å². The van der Waals surface area contributed by atoms with Crippen LogP contribution in [0.15, 0.2) is 47.1 Å². The molecule has 5 atom stereocenters. The highest BCUT2D eigenvalue weighted by Gasteiger charge is 2.65. The van der Waals surface area contributed by atoms with Gasteiger partial charge in [-0.05, 0) is 40.7 Å². The summed E-state index contributed by atoms with van der Waals surface area (Å²) in [5, 5.41) is 0. The van der Waals surface area contributed by atoms with Crippen LogP contribution >= 0.6 is 0 Å². The van der Waals surface area contributed by atoms with Crippen LogP contribution in [-0.4, -0.2) is 41.5 Å². The van der Waals surface area contributed by atoms with Gasteiger partial charge < -0.3 is 14.2 Å². The molecule has 0 aromatic heterocycles. The molecule has 3 aliphatic rings. The topological polar surface area (TPSA) is 96.0 Å². The first-order chi connectivity index (χ1) is 13.9. The predicted octanol–water partition coefficient (Wildman–Crippen LogP) is 2.76. The van der Waals surface area contributed by atoms with Gasteiger partial charge in [0.05, 0.1) is 5.92 Å². The third-order valence-corrected chi connectivity index (χ3v) is 6.02. The number of ether oxygens (including phenoxy) is 3. The smallest absolute Gasteiger partial charge is 0.351 e. The van der Waals surface area contributed by atoms with Crippen molar-refractivity contribution in [1.29, 1.82) is 0 Å². The van der Waals surface area contributed by atoms with Crippen LogP contribution in [0.1, 0.15) is 41.0 Å². The minimum Gasteiger partial charge on any atom is -0.458 e. The van der Waals surface area contributed by atoms with Crippen molar-refractivity contribution < 1.29 is 33.4 Å². The number of carbonyl (C=O) groups excluding carboxylic acids is 4. The molecule has 7 nitrogen and oxygen atoms in total. The van der Waals surface area contributed by atoms with Crippen LogP contribution in [0.4, 0.5) is 0 Å². The molecule has 7 heteroatoms. The molecule has 0 amide bonds. The summed E-state index contributed by atoms with van der Waals surface area (Å²) in [5.41, 5.74) is 0.649. The van der Waals surface area contributed by atoms with E-state index in [4.69, 9.17) is 14.2 Å². The van der Waals surface area contributed by atoms with Crippen LogP contribution in [0.25, 0.3) is 0 Å². The second-order valence-corrected chi connectivity index (χ2v) is 8.53. The minimum atomic E-state index is -1.71. The van der Waals surface area contributed by atoms with Gasteiger partial charge >= 0.3 is 17.9 Å². The molecule has 0 radical (unpaired) electrons. The van der Waals surface area contributed by atoms with Crippen molar-refractivity contribution >= 4 is 23.7 Å². The first-order valence-electron chi connectivity index (χ1n) is 9.77. The monoisotopic (exact) mass is 414 g/mol. The summed E-state index contributed by atoms with van der Waals surface area (Å²) in [6.07, 6.45) is 0.0608. The third-order valence-electron chi connectivity index (χ3n) is 6.02. The Morgan fingerprint density at radius 3 is 2.30 bits per heavy atom. The van der Waals surface area contributed by atoms with Crippen LogP contribution in [0.5, 0.6) is 0 Å². The van der Waals surface area contributed by atoms with Crippen LogP contribution in [0, 0.1) is 11.8 Å². The Morgan fingerprint density at radius 1 is 1.13 bits per heavy atom. The zero-order valence-corrected chi connectivity index (χ0v) is 17.9. The second-order valence-electron chi connectivity index (χ2n) is 8.53. The molecule has 0 saturated carbocycles. The number of hydrogen-bond acceptors (Lipinski definition) is 7.